The summed E-state index contributed by atoms with van der Waals surface area (Å²) < 4.78 is 17.3. The zero-order chi connectivity index (χ0) is 21.7. The van der Waals surface area contributed by atoms with Crippen molar-refractivity contribution in [1.82, 2.24) is 0 Å². The van der Waals surface area contributed by atoms with Crippen LogP contribution in [0.5, 0.6) is 0 Å². The molecule has 0 unspecified atom stereocenters. The summed E-state index contributed by atoms with van der Waals surface area (Å²) in [5.74, 6) is -0.108. The fraction of sp³-hybridized carbons (Fsp3) is 0.625. The van der Waals surface area contributed by atoms with E-state index in [0.29, 0.717) is 6.42 Å². The minimum atomic E-state index is -0.108. The summed E-state index contributed by atoms with van der Waals surface area (Å²) in [6.07, 6.45) is 12.8. The van der Waals surface area contributed by atoms with E-state index in [1.807, 2.05) is 6.08 Å². The van der Waals surface area contributed by atoms with Gasteiger partial charge in [-0.15, -0.1) is 0 Å². The topological polar surface area (TPSA) is 47.9 Å². The second-order valence-corrected chi connectivity index (χ2v) is 10.8. The first kappa shape index (κ1) is 35.8. The summed E-state index contributed by atoms with van der Waals surface area (Å²) in [6, 6.07) is 0. The van der Waals surface area contributed by atoms with Crippen molar-refractivity contribution in [2.75, 3.05) is 10.4 Å². The van der Waals surface area contributed by atoms with Gasteiger partial charge in [0.05, 0.1) is 14.1 Å². The number of allylic oxidation sites excluding steroid dienone is 1. The molecule has 178 valence electrons. The van der Waals surface area contributed by atoms with Crippen LogP contribution < -0.4 is 18.9 Å². The van der Waals surface area contributed by atoms with Gasteiger partial charge in [-0.1, -0.05) is 73.1 Å². The van der Waals surface area contributed by atoms with E-state index in [9.17, 15) is 4.79 Å². The number of rotatable bonds is 14. The second kappa shape index (κ2) is 26.5. The Balaban J connectivity index is -0.000000528. The van der Waals surface area contributed by atoms with E-state index in [0.717, 1.165) is 51.0 Å². The van der Waals surface area contributed by atoms with Gasteiger partial charge in [0.15, 0.2) is 0 Å². The molecule has 0 amide bonds. The Bertz CT molecular complexity index is 525. The summed E-state index contributed by atoms with van der Waals surface area (Å²) >= 11 is 1.61. The fourth-order valence-electron chi connectivity index (χ4n) is 2.40. The molecule has 0 aromatic heterocycles. The predicted octanol–water partition coefficient (Wildman–Crippen LogP) is 4.86. The van der Waals surface area contributed by atoms with Gasteiger partial charge < -0.3 is 23.8 Å². The second-order valence-electron chi connectivity index (χ2n) is 6.55. The number of esters is 1. The molecule has 7 heteroatoms. The average molecular weight is 559 g/mol. The zero-order valence-electron chi connectivity index (χ0n) is 20.5. The molecule has 0 N–H and O–H groups in total. The van der Waals surface area contributed by atoms with Crippen LogP contribution in [0.1, 0.15) is 85.0 Å². The first-order chi connectivity index (χ1) is 14.1. The van der Waals surface area contributed by atoms with Crippen molar-refractivity contribution < 1.29 is 33.1 Å². The average Bonchev–Trinajstić information content (AvgIpc) is 2.72. The van der Waals surface area contributed by atoms with Gasteiger partial charge in [0.1, 0.15) is 0 Å². The number of nitrogens with zero attached hydrogens (tertiary/aromatic N) is 1. The number of carbonyl (C=O) groups excluding carboxylic acids is 1. The minimum absolute atomic E-state index is 0. The Morgan fingerprint density at radius 1 is 1.19 bits per heavy atom. The molecule has 0 saturated carbocycles. The van der Waals surface area contributed by atoms with Crippen LogP contribution >= 0.6 is 32.7 Å². The molecule has 1 rings (SSSR count). The fourth-order valence-corrected chi connectivity index (χ4v) is 6.04. The number of hydrogen-bond donors (Lipinski definition) is 0. The molecule has 0 spiro atoms. The van der Waals surface area contributed by atoms with E-state index in [1.54, 1.807) is 18.9 Å². The van der Waals surface area contributed by atoms with Crippen molar-refractivity contribution in [3.63, 3.8) is 0 Å². The van der Waals surface area contributed by atoms with Crippen molar-refractivity contribution in [2.24, 2.45) is 4.40 Å². The number of halogens is 1. The van der Waals surface area contributed by atoms with Crippen LogP contribution in [0.25, 0.3) is 0 Å². The minimum Gasteiger partial charge on any atom is -0.637 e. The summed E-state index contributed by atoms with van der Waals surface area (Å²) in [7, 11) is 0. The van der Waals surface area contributed by atoms with Gasteiger partial charge >= 0.3 is 18.9 Å². The molecule has 0 radical (unpaired) electrons. The van der Waals surface area contributed by atoms with E-state index in [2.05, 4.69) is 36.8 Å². The predicted molar refractivity (Wildman–Crippen MR) is 144 cm³/mol. The van der Waals surface area contributed by atoms with E-state index >= 15 is 0 Å². The van der Waals surface area contributed by atoms with Crippen molar-refractivity contribution >= 4 is 48.1 Å². The maximum absolute atomic E-state index is 10.8. The molecule has 1 aliphatic rings. The molecule has 0 aromatic carbocycles. The number of alkyl halides is 1. The van der Waals surface area contributed by atoms with Crippen LogP contribution in [-0.2, 0) is 14.3 Å². The molecular weight excluding hydrogens is 516 g/mol. The largest absolute Gasteiger partial charge is 1.00 e. The number of hydrogen-bond acceptors (Lipinski definition) is 5. The van der Waals surface area contributed by atoms with E-state index < -0.39 is 0 Å². The summed E-state index contributed by atoms with van der Waals surface area (Å²) in [5, 5.41) is 0. The molecule has 0 atom stereocenters. The monoisotopic (exact) mass is 558 g/mol. The quantitative estimate of drug-likeness (QED) is 0.0581. The third-order valence-corrected chi connectivity index (χ3v) is 7.78. The molecule has 0 aliphatic carbocycles. The van der Waals surface area contributed by atoms with Gasteiger partial charge in [0.25, 0.3) is 5.97 Å². The molecule has 1 aliphatic heterocycles. The number of carbonyl (C=O) groups is 1. The maximum Gasteiger partial charge on any atom is 1.00 e. The Hall–Kier alpha value is 0.257. The maximum atomic E-state index is 10.8. The standard InChI is InChI=1S/C14H22INOS.C9H17O2.CH3.Li/c1-4-6-7-8-10-17-14-13(12(3)9-5-2)16-18-11-15-14;1-3-5-6-7-8-9(10)11-4-2;;/h9H,2-8,10-11H2,1H3;4H,3,5-8H2,1-2H3;1H3;/q-2;2*-1;+1/b12-9+;;;. The number of ether oxygens (including phenoxy) is 2. The van der Waals surface area contributed by atoms with Crippen LogP contribution in [0, 0.1) is 27.9 Å². The Morgan fingerprint density at radius 3 is 2.42 bits per heavy atom. The Kier molecular flexibility index (Phi) is 30.6. The Labute approximate surface area is 219 Å². The van der Waals surface area contributed by atoms with Gasteiger partial charge in [-0.05, 0) is 24.8 Å². The molecular formula is C24H42ILiNO3S-3. The van der Waals surface area contributed by atoms with Crippen molar-refractivity contribution in [2.45, 2.75) is 85.0 Å². The summed E-state index contributed by atoms with van der Waals surface area (Å²) in [6.45, 7) is 16.2. The van der Waals surface area contributed by atoms with Crippen molar-refractivity contribution in [3.8, 4) is 0 Å². The van der Waals surface area contributed by atoms with Crippen LogP contribution in [0.4, 0.5) is 0 Å². The van der Waals surface area contributed by atoms with Gasteiger partial charge in [0.2, 0.25) is 0 Å². The van der Waals surface area contributed by atoms with Gasteiger partial charge in [-0.3, -0.25) is 9.19 Å². The molecule has 1 heterocycles. The summed E-state index contributed by atoms with van der Waals surface area (Å²) in [4.78, 5) is 10.8. The molecule has 0 bridgehead atoms. The van der Waals surface area contributed by atoms with Crippen LogP contribution in [0.15, 0.2) is 16.0 Å². The van der Waals surface area contributed by atoms with E-state index in [4.69, 9.17) is 4.74 Å². The summed E-state index contributed by atoms with van der Waals surface area (Å²) in [5.41, 5.74) is 1.96. The molecule has 0 aromatic rings. The SMILES string of the molecule is C[CH-]OC(=O)CCCCCC.[CH2-]C/C=C(\[CH2-])C1=NSCI=C1OCCCCCC.[CH3-].[Li+]. The first-order valence-corrected chi connectivity index (χ1v) is 14.2. The molecule has 0 saturated heterocycles. The zero-order valence-corrected chi connectivity index (χ0v) is 23.5. The van der Waals surface area contributed by atoms with Crippen molar-refractivity contribution in [3.05, 3.63) is 39.5 Å². The molecule has 0 fully saturated rings. The number of unbranched alkanes of at least 4 members (excludes halogenated alkanes) is 6. The van der Waals surface area contributed by atoms with Crippen LogP contribution in [0.3, 0.4) is 0 Å². The normalized spacial score (nSPS) is 13.2. The Morgan fingerprint density at radius 2 is 1.84 bits per heavy atom. The molecule has 4 nitrogen and oxygen atoms in total. The third-order valence-electron chi connectivity index (χ3n) is 3.97. The molecule has 31 heavy (non-hydrogen) atoms. The third kappa shape index (κ3) is 20.6. The first-order valence-electron chi connectivity index (χ1n) is 10.7. The van der Waals surface area contributed by atoms with Crippen LogP contribution in [-0.4, -0.2) is 25.7 Å². The smallest absolute Gasteiger partial charge is 0.637 e. The van der Waals surface area contributed by atoms with Gasteiger partial charge in [-0.2, -0.15) is 26.0 Å². The van der Waals surface area contributed by atoms with Crippen molar-refractivity contribution in [1.29, 1.82) is 0 Å². The van der Waals surface area contributed by atoms with Crippen LogP contribution in [0.2, 0.25) is 0 Å². The van der Waals surface area contributed by atoms with Gasteiger partial charge in [-0.25, -0.2) is 12.5 Å². The van der Waals surface area contributed by atoms with Gasteiger partial charge in [0, 0.05) is 12.1 Å². The van der Waals surface area contributed by atoms with E-state index in [-0.39, 0.29) is 53.0 Å². The van der Waals surface area contributed by atoms with E-state index in [1.165, 1.54) is 38.7 Å².